The first-order valence-corrected chi connectivity index (χ1v) is 12.8. The van der Waals surface area contributed by atoms with Crippen molar-refractivity contribution in [3.63, 3.8) is 0 Å². The predicted octanol–water partition coefficient (Wildman–Crippen LogP) is 3.89. The van der Waals surface area contributed by atoms with Crippen LogP contribution in [-0.2, 0) is 13.0 Å². The monoisotopic (exact) mass is 512 g/mol. The minimum atomic E-state index is -0.278. The smallest absolute Gasteiger partial charge is 0.316 e. The number of phenols is 1. The van der Waals surface area contributed by atoms with E-state index in [4.69, 9.17) is 9.47 Å². The lowest BCUT2D eigenvalue weighted by Crippen LogP contribution is -2.46. The van der Waals surface area contributed by atoms with Crippen molar-refractivity contribution >= 4 is 5.69 Å². The number of nitrogens with zero attached hydrogens (tertiary/aromatic N) is 4. The van der Waals surface area contributed by atoms with E-state index in [-0.39, 0.29) is 5.56 Å². The average molecular weight is 513 g/mol. The summed E-state index contributed by atoms with van der Waals surface area (Å²) in [5, 5.41) is 14.6. The Kier molecular flexibility index (Phi) is 7.89. The van der Waals surface area contributed by atoms with E-state index in [1.54, 1.807) is 19.4 Å². The van der Waals surface area contributed by atoms with Gasteiger partial charge in [-0.1, -0.05) is 48.5 Å². The van der Waals surface area contributed by atoms with E-state index in [0.29, 0.717) is 42.4 Å². The van der Waals surface area contributed by atoms with Gasteiger partial charge in [0.05, 0.1) is 25.6 Å². The molecule has 0 aliphatic carbocycles. The average Bonchev–Trinajstić information content (AvgIpc) is 2.96. The van der Waals surface area contributed by atoms with E-state index in [1.165, 1.54) is 4.68 Å². The van der Waals surface area contributed by atoms with Crippen molar-refractivity contribution in [2.75, 3.05) is 44.8 Å². The van der Waals surface area contributed by atoms with Gasteiger partial charge in [0.15, 0.2) is 0 Å². The van der Waals surface area contributed by atoms with Crippen molar-refractivity contribution in [3.8, 4) is 22.9 Å². The molecule has 4 aromatic rings. The second-order valence-corrected chi connectivity index (χ2v) is 9.25. The number of rotatable bonds is 9. The minimum Gasteiger partial charge on any atom is -0.508 e. The molecule has 0 bridgehead atoms. The lowest BCUT2D eigenvalue weighted by Gasteiger charge is -2.36. The first-order chi connectivity index (χ1) is 18.6. The Labute approximate surface area is 222 Å². The molecule has 1 saturated heterocycles. The van der Waals surface area contributed by atoms with Crippen molar-refractivity contribution in [2.24, 2.45) is 0 Å². The molecule has 0 atom stereocenters. The molecule has 0 unspecified atom stereocenters. The van der Waals surface area contributed by atoms with Gasteiger partial charge in [-0.15, -0.1) is 0 Å². The van der Waals surface area contributed by atoms with Gasteiger partial charge in [0.1, 0.15) is 17.2 Å². The summed E-state index contributed by atoms with van der Waals surface area (Å²) in [5.41, 5.74) is 3.13. The van der Waals surface area contributed by atoms with Gasteiger partial charge in [-0.25, -0.2) is 0 Å². The van der Waals surface area contributed by atoms with E-state index in [9.17, 15) is 9.90 Å². The maximum atomic E-state index is 13.6. The van der Waals surface area contributed by atoms with Gasteiger partial charge < -0.3 is 19.5 Å². The van der Waals surface area contributed by atoms with E-state index in [1.807, 2.05) is 72.8 Å². The fraction of sp³-hybridized carbons (Fsp3) is 0.267. The lowest BCUT2D eigenvalue weighted by molar-refractivity contribution is 0.245. The first-order valence-electron chi connectivity index (χ1n) is 12.8. The molecule has 0 amide bonds. The van der Waals surface area contributed by atoms with Crippen molar-refractivity contribution in [1.82, 2.24) is 14.7 Å². The Morgan fingerprint density at radius 1 is 0.895 bits per heavy atom. The standard InChI is InChI=1S/C30H32N4O4/c1-37-26-13-11-23(12-14-26)15-20-38-29-27(21-31-34(30(29)36)25-8-3-2-4-9-25)33-18-16-32(17-19-33)22-24-7-5-6-10-28(24)35/h2-14,21,35H,15-20,22H2,1H3. The topological polar surface area (TPSA) is 80.1 Å². The first kappa shape index (κ1) is 25.4. The number of aromatic nitrogens is 2. The maximum Gasteiger partial charge on any atom is 0.316 e. The highest BCUT2D eigenvalue weighted by atomic mass is 16.5. The van der Waals surface area contributed by atoms with Crippen LogP contribution in [0.5, 0.6) is 17.2 Å². The second-order valence-electron chi connectivity index (χ2n) is 9.25. The molecule has 1 N–H and O–H groups in total. The van der Waals surface area contributed by atoms with Crippen LogP contribution in [0.1, 0.15) is 11.1 Å². The molecule has 196 valence electrons. The van der Waals surface area contributed by atoms with Crippen LogP contribution in [0.3, 0.4) is 0 Å². The number of methoxy groups -OCH3 is 1. The van der Waals surface area contributed by atoms with Crippen LogP contribution in [-0.4, -0.2) is 59.7 Å². The zero-order valence-corrected chi connectivity index (χ0v) is 21.5. The molecule has 1 aliphatic rings. The van der Waals surface area contributed by atoms with Crippen LogP contribution >= 0.6 is 0 Å². The largest absolute Gasteiger partial charge is 0.508 e. The van der Waals surface area contributed by atoms with Crippen LogP contribution in [0.4, 0.5) is 5.69 Å². The molecule has 1 fully saturated rings. The molecular weight excluding hydrogens is 480 g/mol. The molecular formula is C30H32N4O4. The SMILES string of the molecule is COc1ccc(CCOc2c(N3CCN(Cc4ccccc4O)CC3)cnn(-c3ccccc3)c2=O)cc1. The number of benzene rings is 3. The third kappa shape index (κ3) is 5.81. The Balaban J connectivity index is 1.33. The highest BCUT2D eigenvalue weighted by molar-refractivity contribution is 5.57. The molecule has 2 heterocycles. The second kappa shape index (κ2) is 11.8. The van der Waals surface area contributed by atoms with Gasteiger partial charge in [0.2, 0.25) is 5.75 Å². The molecule has 8 heteroatoms. The van der Waals surface area contributed by atoms with E-state index in [0.717, 1.165) is 43.1 Å². The number of phenolic OH excluding ortho intramolecular Hbond substituents is 1. The zero-order valence-electron chi connectivity index (χ0n) is 21.5. The summed E-state index contributed by atoms with van der Waals surface area (Å²) in [5.74, 6) is 1.43. The van der Waals surface area contributed by atoms with Crippen LogP contribution in [0.2, 0.25) is 0 Å². The summed E-state index contributed by atoms with van der Waals surface area (Å²) in [6, 6.07) is 24.7. The third-order valence-corrected chi connectivity index (χ3v) is 6.81. The van der Waals surface area contributed by atoms with Crippen molar-refractivity contribution < 1.29 is 14.6 Å². The molecule has 0 spiro atoms. The van der Waals surface area contributed by atoms with Crippen molar-refractivity contribution in [1.29, 1.82) is 0 Å². The van der Waals surface area contributed by atoms with Crippen LogP contribution in [0.25, 0.3) is 5.69 Å². The number of hydrogen-bond donors (Lipinski definition) is 1. The van der Waals surface area contributed by atoms with Crippen molar-refractivity contribution in [2.45, 2.75) is 13.0 Å². The van der Waals surface area contributed by atoms with Gasteiger partial charge in [-0.3, -0.25) is 9.69 Å². The Hall–Kier alpha value is -4.30. The molecule has 1 aromatic heterocycles. The van der Waals surface area contributed by atoms with E-state index in [2.05, 4.69) is 14.9 Å². The Bertz CT molecular complexity index is 1400. The summed E-state index contributed by atoms with van der Waals surface area (Å²) in [6.45, 7) is 4.07. The Morgan fingerprint density at radius 3 is 2.32 bits per heavy atom. The number of ether oxygens (including phenoxy) is 2. The summed E-state index contributed by atoms with van der Waals surface area (Å²) in [6.07, 6.45) is 2.39. The summed E-state index contributed by atoms with van der Waals surface area (Å²) >= 11 is 0. The normalized spacial score (nSPS) is 13.9. The van der Waals surface area contributed by atoms with Gasteiger partial charge in [0.25, 0.3) is 0 Å². The fourth-order valence-electron chi connectivity index (χ4n) is 4.64. The molecule has 5 rings (SSSR count). The summed E-state index contributed by atoms with van der Waals surface area (Å²) in [4.78, 5) is 18.1. The molecule has 8 nitrogen and oxygen atoms in total. The highest BCUT2D eigenvalue weighted by Gasteiger charge is 2.24. The highest BCUT2D eigenvalue weighted by Crippen LogP contribution is 2.27. The third-order valence-electron chi connectivity index (χ3n) is 6.81. The van der Waals surface area contributed by atoms with Crippen LogP contribution < -0.4 is 19.9 Å². The number of aromatic hydroxyl groups is 1. The van der Waals surface area contributed by atoms with Gasteiger partial charge in [-0.05, 0) is 35.9 Å². The predicted molar refractivity (Wildman–Crippen MR) is 148 cm³/mol. The minimum absolute atomic E-state index is 0.278. The van der Waals surface area contributed by atoms with Crippen molar-refractivity contribution in [3.05, 3.63) is 107 Å². The van der Waals surface area contributed by atoms with E-state index >= 15 is 0 Å². The fourth-order valence-corrected chi connectivity index (χ4v) is 4.64. The van der Waals surface area contributed by atoms with Crippen LogP contribution in [0, 0.1) is 0 Å². The van der Waals surface area contributed by atoms with Gasteiger partial charge in [-0.2, -0.15) is 9.78 Å². The van der Waals surface area contributed by atoms with Gasteiger partial charge >= 0.3 is 5.56 Å². The summed E-state index contributed by atoms with van der Waals surface area (Å²) < 4.78 is 12.8. The molecule has 1 aliphatic heterocycles. The Morgan fingerprint density at radius 2 is 1.61 bits per heavy atom. The van der Waals surface area contributed by atoms with Gasteiger partial charge in [0, 0.05) is 44.7 Å². The lowest BCUT2D eigenvalue weighted by atomic mass is 10.1. The molecule has 0 saturated carbocycles. The molecule has 38 heavy (non-hydrogen) atoms. The number of hydrogen-bond acceptors (Lipinski definition) is 7. The molecule has 3 aromatic carbocycles. The number of anilines is 1. The quantitative estimate of drug-likeness (QED) is 0.365. The number of piperazine rings is 1. The zero-order chi connectivity index (χ0) is 26.3. The molecule has 0 radical (unpaired) electrons. The van der Waals surface area contributed by atoms with Crippen LogP contribution in [0.15, 0.2) is 89.9 Å². The maximum absolute atomic E-state index is 13.6. The van der Waals surface area contributed by atoms with E-state index < -0.39 is 0 Å². The summed E-state index contributed by atoms with van der Waals surface area (Å²) in [7, 11) is 1.65. The number of para-hydroxylation sites is 2.